The Morgan fingerprint density at radius 1 is 1.58 bits per heavy atom. The van der Waals surface area contributed by atoms with E-state index in [0.29, 0.717) is 5.82 Å². The topological polar surface area (TPSA) is 50.9 Å². The second kappa shape index (κ2) is 4.59. The van der Waals surface area contributed by atoms with Crippen molar-refractivity contribution in [2.45, 2.75) is 19.8 Å². The van der Waals surface area contributed by atoms with Crippen LogP contribution in [-0.4, -0.2) is 11.5 Å². The van der Waals surface area contributed by atoms with Crippen LogP contribution in [0.4, 0.5) is 11.5 Å². The Kier molecular flexibility index (Phi) is 3.38. The number of anilines is 2. The number of nitrogens with one attached hydrogen (secondary N) is 1. The third kappa shape index (κ3) is 2.42. The Hall–Kier alpha value is -1.25. The van der Waals surface area contributed by atoms with E-state index in [1.54, 1.807) is 6.20 Å². The maximum atomic E-state index is 5.63. The number of aromatic nitrogens is 1. The molecule has 0 aliphatic rings. The average Bonchev–Trinajstić information content (AvgIpc) is 2.09. The summed E-state index contributed by atoms with van der Waals surface area (Å²) >= 11 is 0. The minimum atomic E-state index is 0.577. The molecule has 1 aromatic heterocycles. The SMILES string of the molecule is CCCCNc1cccnc1N. The second-order valence-corrected chi connectivity index (χ2v) is 2.72. The van der Waals surface area contributed by atoms with Gasteiger partial charge in [-0.3, -0.25) is 0 Å². The van der Waals surface area contributed by atoms with Gasteiger partial charge < -0.3 is 11.1 Å². The lowest BCUT2D eigenvalue weighted by atomic mass is 10.3. The van der Waals surface area contributed by atoms with Crippen molar-refractivity contribution in [3.63, 3.8) is 0 Å². The lowest BCUT2D eigenvalue weighted by Gasteiger charge is -2.06. The first-order chi connectivity index (χ1) is 5.84. The van der Waals surface area contributed by atoms with E-state index in [2.05, 4.69) is 17.2 Å². The summed E-state index contributed by atoms with van der Waals surface area (Å²) in [6, 6.07) is 3.82. The van der Waals surface area contributed by atoms with Gasteiger partial charge in [0.15, 0.2) is 0 Å². The minimum absolute atomic E-state index is 0.577. The Labute approximate surface area is 73.0 Å². The fourth-order valence-corrected chi connectivity index (χ4v) is 0.967. The van der Waals surface area contributed by atoms with E-state index >= 15 is 0 Å². The number of rotatable bonds is 4. The lowest BCUT2D eigenvalue weighted by Crippen LogP contribution is -2.04. The average molecular weight is 165 g/mol. The van der Waals surface area contributed by atoms with E-state index in [1.165, 1.54) is 6.42 Å². The van der Waals surface area contributed by atoms with Crippen molar-refractivity contribution in [2.24, 2.45) is 0 Å². The fourth-order valence-electron chi connectivity index (χ4n) is 0.967. The van der Waals surface area contributed by atoms with Gasteiger partial charge in [0.2, 0.25) is 0 Å². The highest BCUT2D eigenvalue weighted by molar-refractivity contribution is 5.60. The summed E-state index contributed by atoms with van der Waals surface area (Å²) in [5.74, 6) is 0.577. The molecule has 12 heavy (non-hydrogen) atoms. The number of hydrogen-bond acceptors (Lipinski definition) is 3. The molecule has 0 spiro atoms. The van der Waals surface area contributed by atoms with Gasteiger partial charge in [-0.2, -0.15) is 0 Å². The van der Waals surface area contributed by atoms with Gasteiger partial charge in [-0.25, -0.2) is 4.98 Å². The van der Waals surface area contributed by atoms with Crippen LogP contribution in [0.1, 0.15) is 19.8 Å². The first-order valence-corrected chi connectivity index (χ1v) is 4.29. The Morgan fingerprint density at radius 3 is 3.08 bits per heavy atom. The number of nitrogen functional groups attached to an aromatic ring is 1. The largest absolute Gasteiger partial charge is 0.382 e. The lowest BCUT2D eigenvalue weighted by molar-refractivity contribution is 0.834. The Balaban J connectivity index is 2.46. The predicted octanol–water partition coefficient (Wildman–Crippen LogP) is 1.88. The van der Waals surface area contributed by atoms with Crippen molar-refractivity contribution in [3.8, 4) is 0 Å². The van der Waals surface area contributed by atoms with Crippen molar-refractivity contribution in [1.29, 1.82) is 0 Å². The van der Waals surface area contributed by atoms with Gasteiger partial charge in [0, 0.05) is 12.7 Å². The molecule has 1 aromatic rings. The maximum Gasteiger partial charge on any atom is 0.146 e. The van der Waals surface area contributed by atoms with Crippen LogP contribution < -0.4 is 11.1 Å². The highest BCUT2D eigenvalue weighted by atomic mass is 14.9. The molecule has 0 atom stereocenters. The quantitative estimate of drug-likeness (QED) is 0.670. The van der Waals surface area contributed by atoms with Crippen LogP contribution in [0.15, 0.2) is 18.3 Å². The van der Waals surface area contributed by atoms with Crippen LogP contribution in [-0.2, 0) is 0 Å². The molecule has 0 aromatic carbocycles. The van der Waals surface area contributed by atoms with Crippen LogP contribution in [0.2, 0.25) is 0 Å². The third-order valence-electron chi connectivity index (χ3n) is 1.68. The van der Waals surface area contributed by atoms with E-state index in [4.69, 9.17) is 5.73 Å². The van der Waals surface area contributed by atoms with Gasteiger partial charge in [0.1, 0.15) is 5.82 Å². The highest BCUT2D eigenvalue weighted by Crippen LogP contribution is 2.12. The van der Waals surface area contributed by atoms with Crippen molar-refractivity contribution in [3.05, 3.63) is 18.3 Å². The van der Waals surface area contributed by atoms with Gasteiger partial charge in [0.05, 0.1) is 5.69 Å². The molecule has 3 N–H and O–H groups in total. The van der Waals surface area contributed by atoms with Crippen molar-refractivity contribution in [2.75, 3.05) is 17.6 Å². The summed E-state index contributed by atoms with van der Waals surface area (Å²) in [7, 11) is 0. The molecule has 1 heterocycles. The van der Waals surface area contributed by atoms with Crippen LogP contribution in [0.25, 0.3) is 0 Å². The molecule has 0 unspecified atom stereocenters. The summed E-state index contributed by atoms with van der Waals surface area (Å²) in [5, 5.41) is 3.23. The normalized spacial score (nSPS) is 9.75. The number of hydrogen-bond donors (Lipinski definition) is 2. The number of nitrogens with zero attached hydrogens (tertiary/aromatic N) is 1. The fraction of sp³-hybridized carbons (Fsp3) is 0.444. The standard InChI is InChI=1S/C9H15N3/c1-2-3-6-11-8-5-4-7-12-9(8)10/h4-5,7,11H,2-3,6H2,1H3,(H2,10,12). The number of nitrogens with two attached hydrogens (primary N) is 1. The van der Waals surface area contributed by atoms with E-state index in [-0.39, 0.29) is 0 Å². The van der Waals surface area contributed by atoms with Gasteiger partial charge in [-0.15, -0.1) is 0 Å². The van der Waals surface area contributed by atoms with Crippen molar-refractivity contribution >= 4 is 11.5 Å². The Morgan fingerprint density at radius 2 is 2.42 bits per heavy atom. The van der Waals surface area contributed by atoms with E-state index in [0.717, 1.165) is 18.7 Å². The van der Waals surface area contributed by atoms with E-state index in [1.807, 2.05) is 12.1 Å². The summed E-state index contributed by atoms with van der Waals surface area (Å²) in [4.78, 5) is 3.97. The van der Waals surface area contributed by atoms with Crippen LogP contribution in [0, 0.1) is 0 Å². The monoisotopic (exact) mass is 165 g/mol. The zero-order valence-corrected chi connectivity index (χ0v) is 7.38. The molecule has 3 nitrogen and oxygen atoms in total. The number of pyridine rings is 1. The van der Waals surface area contributed by atoms with Crippen LogP contribution in [0.3, 0.4) is 0 Å². The predicted molar refractivity (Wildman–Crippen MR) is 52.0 cm³/mol. The summed E-state index contributed by atoms with van der Waals surface area (Å²) in [6.45, 7) is 3.13. The molecule has 0 fully saturated rings. The molecule has 0 amide bonds. The summed E-state index contributed by atoms with van der Waals surface area (Å²) in [5.41, 5.74) is 6.57. The van der Waals surface area contributed by atoms with Gasteiger partial charge in [-0.1, -0.05) is 13.3 Å². The molecule has 0 saturated carbocycles. The molecule has 0 saturated heterocycles. The smallest absolute Gasteiger partial charge is 0.146 e. The van der Waals surface area contributed by atoms with Gasteiger partial charge in [-0.05, 0) is 18.6 Å². The zero-order chi connectivity index (χ0) is 8.81. The van der Waals surface area contributed by atoms with Gasteiger partial charge >= 0.3 is 0 Å². The molecule has 0 radical (unpaired) electrons. The molecule has 66 valence electrons. The molecule has 0 aliphatic heterocycles. The minimum Gasteiger partial charge on any atom is -0.382 e. The summed E-state index contributed by atoms with van der Waals surface area (Å²) in [6.07, 6.45) is 4.04. The molecule has 0 bridgehead atoms. The van der Waals surface area contributed by atoms with E-state index < -0.39 is 0 Å². The first-order valence-electron chi connectivity index (χ1n) is 4.29. The van der Waals surface area contributed by atoms with Crippen molar-refractivity contribution in [1.82, 2.24) is 4.98 Å². The first kappa shape index (κ1) is 8.84. The van der Waals surface area contributed by atoms with Crippen molar-refractivity contribution < 1.29 is 0 Å². The second-order valence-electron chi connectivity index (χ2n) is 2.72. The molecular weight excluding hydrogens is 150 g/mol. The third-order valence-corrected chi connectivity index (χ3v) is 1.68. The summed E-state index contributed by atoms with van der Waals surface area (Å²) < 4.78 is 0. The molecule has 1 rings (SSSR count). The zero-order valence-electron chi connectivity index (χ0n) is 7.38. The van der Waals surface area contributed by atoms with E-state index in [9.17, 15) is 0 Å². The number of unbranched alkanes of at least 4 members (excludes halogenated alkanes) is 1. The molecule has 3 heteroatoms. The molecule has 0 aliphatic carbocycles. The maximum absolute atomic E-state index is 5.63. The van der Waals surface area contributed by atoms with Crippen LogP contribution in [0.5, 0.6) is 0 Å². The highest BCUT2D eigenvalue weighted by Gasteiger charge is 1.95. The molecular formula is C9H15N3. The Bertz CT molecular complexity index is 235. The van der Waals surface area contributed by atoms with Crippen LogP contribution >= 0.6 is 0 Å². The van der Waals surface area contributed by atoms with Gasteiger partial charge in [0.25, 0.3) is 0 Å².